The SMILES string of the molecule is CC(C)(c1ccccc1)c1ccc(OCCOCCOCCOCCOCCOCCOCCOCCOCCOCCOCCOCCO)cc1. The predicted molar refractivity (Wildman–Crippen MR) is 197 cm³/mol. The van der Waals surface area contributed by atoms with Gasteiger partial charge in [0.25, 0.3) is 0 Å². The lowest BCUT2D eigenvalue weighted by molar-refractivity contribution is -0.0280. The molecule has 0 aliphatic carbocycles. The van der Waals surface area contributed by atoms with Crippen LogP contribution in [0.3, 0.4) is 0 Å². The Morgan fingerprint density at radius 1 is 0.346 bits per heavy atom. The Bertz CT molecular complexity index is 1030. The minimum atomic E-state index is -0.0697. The molecule has 0 bridgehead atoms. The Hall–Kier alpha value is -2.24. The second-order valence-electron chi connectivity index (χ2n) is 11.8. The Labute approximate surface area is 310 Å². The van der Waals surface area contributed by atoms with Gasteiger partial charge in [-0.2, -0.15) is 0 Å². The highest BCUT2D eigenvalue weighted by molar-refractivity contribution is 5.39. The molecule has 2 rings (SSSR count). The number of aliphatic hydroxyl groups is 1. The van der Waals surface area contributed by atoms with Crippen molar-refractivity contribution in [2.75, 3.05) is 159 Å². The summed E-state index contributed by atoms with van der Waals surface area (Å²) in [5.41, 5.74) is 2.46. The number of hydrogen-bond acceptors (Lipinski definition) is 13. The number of benzene rings is 2. The number of rotatable bonds is 38. The van der Waals surface area contributed by atoms with E-state index in [4.69, 9.17) is 61.9 Å². The molecule has 0 heterocycles. The average Bonchev–Trinajstić information content (AvgIpc) is 3.17. The van der Waals surface area contributed by atoms with Crippen molar-refractivity contribution in [1.29, 1.82) is 0 Å². The van der Waals surface area contributed by atoms with Crippen LogP contribution in [0.1, 0.15) is 25.0 Å². The van der Waals surface area contributed by atoms with Gasteiger partial charge in [-0.3, -0.25) is 0 Å². The normalized spacial score (nSPS) is 11.8. The molecule has 13 nitrogen and oxygen atoms in total. The van der Waals surface area contributed by atoms with Gasteiger partial charge in [0.05, 0.1) is 152 Å². The Balaban J connectivity index is 1.21. The lowest BCUT2D eigenvalue weighted by Gasteiger charge is -2.26. The highest BCUT2D eigenvalue weighted by atomic mass is 16.6. The van der Waals surface area contributed by atoms with Crippen molar-refractivity contribution in [1.82, 2.24) is 0 Å². The second-order valence-corrected chi connectivity index (χ2v) is 11.8. The van der Waals surface area contributed by atoms with Crippen molar-refractivity contribution in [3.63, 3.8) is 0 Å². The summed E-state index contributed by atoms with van der Waals surface area (Å²) in [6, 6.07) is 18.8. The van der Waals surface area contributed by atoms with E-state index >= 15 is 0 Å². The smallest absolute Gasteiger partial charge is 0.119 e. The average molecular weight is 741 g/mol. The molecule has 52 heavy (non-hydrogen) atoms. The molecule has 1 N–H and O–H groups in total. The van der Waals surface area contributed by atoms with Crippen molar-refractivity contribution >= 4 is 0 Å². The van der Waals surface area contributed by atoms with Crippen LogP contribution in [0.4, 0.5) is 0 Å². The molecule has 0 atom stereocenters. The van der Waals surface area contributed by atoms with Crippen LogP contribution in [0.2, 0.25) is 0 Å². The first-order chi connectivity index (χ1) is 25.6. The van der Waals surface area contributed by atoms with Crippen molar-refractivity contribution in [2.45, 2.75) is 19.3 Å². The molecule has 2 aromatic rings. The van der Waals surface area contributed by atoms with Gasteiger partial charge in [0, 0.05) is 5.41 Å². The minimum Gasteiger partial charge on any atom is -0.491 e. The molecule has 2 aromatic carbocycles. The lowest BCUT2D eigenvalue weighted by atomic mass is 9.78. The summed E-state index contributed by atoms with van der Waals surface area (Å²) in [6.07, 6.45) is 0. The molecule has 0 saturated carbocycles. The molecule has 0 radical (unpaired) electrons. The van der Waals surface area contributed by atoms with Gasteiger partial charge in [0.1, 0.15) is 12.4 Å². The molecule has 298 valence electrons. The third-order valence-electron chi connectivity index (χ3n) is 7.52. The van der Waals surface area contributed by atoms with E-state index in [0.29, 0.717) is 152 Å². The Morgan fingerprint density at radius 2 is 0.615 bits per heavy atom. The maximum Gasteiger partial charge on any atom is 0.119 e. The molecular weight excluding hydrogens is 676 g/mol. The summed E-state index contributed by atoms with van der Waals surface area (Å²) >= 11 is 0. The van der Waals surface area contributed by atoms with Crippen LogP contribution >= 0.6 is 0 Å². The quantitative estimate of drug-likeness (QED) is 0.101. The van der Waals surface area contributed by atoms with Crippen molar-refractivity contribution in [3.05, 3.63) is 65.7 Å². The maximum atomic E-state index is 8.59. The lowest BCUT2D eigenvalue weighted by Crippen LogP contribution is -2.18. The maximum absolute atomic E-state index is 8.59. The topological polar surface area (TPSA) is 131 Å². The first kappa shape index (κ1) is 45.9. The van der Waals surface area contributed by atoms with Gasteiger partial charge in [-0.1, -0.05) is 56.3 Å². The summed E-state index contributed by atoms with van der Waals surface area (Å²) in [6.45, 7) is 15.8. The van der Waals surface area contributed by atoms with Gasteiger partial charge in [-0.25, -0.2) is 0 Å². The molecule has 13 heteroatoms. The van der Waals surface area contributed by atoms with Gasteiger partial charge >= 0.3 is 0 Å². The van der Waals surface area contributed by atoms with Crippen LogP contribution in [0, 0.1) is 0 Å². The fraction of sp³-hybridized carbons (Fsp3) is 0.692. The molecular formula is C39H64O13. The minimum absolute atomic E-state index is 0.0238. The number of aliphatic hydroxyl groups excluding tert-OH is 1. The predicted octanol–water partition coefficient (Wildman–Crippen LogP) is 3.57. The van der Waals surface area contributed by atoms with E-state index < -0.39 is 0 Å². The zero-order valence-electron chi connectivity index (χ0n) is 31.5. The molecule has 0 aromatic heterocycles. The largest absolute Gasteiger partial charge is 0.491 e. The summed E-state index contributed by atoms with van der Waals surface area (Å²) in [4.78, 5) is 0. The van der Waals surface area contributed by atoms with Crippen LogP contribution in [-0.4, -0.2) is 164 Å². The molecule has 0 unspecified atom stereocenters. The fourth-order valence-corrected chi connectivity index (χ4v) is 4.57. The van der Waals surface area contributed by atoms with Crippen LogP contribution in [0.5, 0.6) is 5.75 Å². The molecule has 0 aliphatic heterocycles. The van der Waals surface area contributed by atoms with E-state index in [2.05, 4.69) is 50.2 Å². The first-order valence-corrected chi connectivity index (χ1v) is 18.4. The summed E-state index contributed by atoms with van der Waals surface area (Å²) in [7, 11) is 0. The standard InChI is InChI=1S/C39H64O13/c1-39(2,36-6-4-3-5-7-36)37-8-10-38(11-9-37)52-35-34-51-33-32-50-31-30-49-29-28-48-27-26-47-25-24-46-23-22-45-21-20-44-19-18-43-17-16-42-15-14-41-13-12-40/h3-11,40H,12-35H2,1-2H3. The molecule has 0 fully saturated rings. The monoisotopic (exact) mass is 740 g/mol. The van der Waals surface area contributed by atoms with E-state index in [0.717, 1.165) is 5.75 Å². The van der Waals surface area contributed by atoms with Crippen LogP contribution in [0.25, 0.3) is 0 Å². The van der Waals surface area contributed by atoms with Gasteiger partial charge in [0.2, 0.25) is 0 Å². The van der Waals surface area contributed by atoms with Crippen LogP contribution < -0.4 is 4.74 Å². The highest BCUT2D eigenvalue weighted by Gasteiger charge is 2.22. The molecule has 0 spiro atoms. The highest BCUT2D eigenvalue weighted by Crippen LogP contribution is 2.32. The van der Waals surface area contributed by atoms with E-state index in [1.54, 1.807) is 0 Å². The van der Waals surface area contributed by atoms with Gasteiger partial charge in [-0.05, 0) is 23.3 Å². The van der Waals surface area contributed by atoms with Crippen LogP contribution in [-0.2, 0) is 57.5 Å². The third-order valence-corrected chi connectivity index (χ3v) is 7.52. The Morgan fingerprint density at radius 3 is 0.923 bits per heavy atom. The van der Waals surface area contributed by atoms with E-state index in [1.807, 2.05) is 18.2 Å². The number of hydrogen-bond donors (Lipinski definition) is 1. The molecule has 0 saturated heterocycles. The first-order valence-electron chi connectivity index (χ1n) is 18.4. The van der Waals surface area contributed by atoms with Crippen molar-refractivity contribution < 1.29 is 61.9 Å². The van der Waals surface area contributed by atoms with E-state index in [1.165, 1.54) is 11.1 Å². The zero-order valence-corrected chi connectivity index (χ0v) is 31.5. The van der Waals surface area contributed by atoms with Gasteiger partial charge < -0.3 is 61.9 Å². The van der Waals surface area contributed by atoms with E-state index in [9.17, 15) is 0 Å². The number of ether oxygens (including phenoxy) is 12. The molecule has 0 amide bonds. The molecule has 0 aliphatic rings. The van der Waals surface area contributed by atoms with Gasteiger partial charge in [-0.15, -0.1) is 0 Å². The summed E-state index contributed by atoms with van der Waals surface area (Å²) in [5, 5.41) is 8.59. The second kappa shape index (κ2) is 33.3. The van der Waals surface area contributed by atoms with Crippen molar-refractivity contribution in [2.24, 2.45) is 0 Å². The summed E-state index contributed by atoms with van der Waals surface area (Å²) < 4.78 is 65.8. The van der Waals surface area contributed by atoms with Crippen LogP contribution in [0.15, 0.2) is 54.6 Å². The zero-order chi connectivity index (χ0) is 37.1. The van der Waals surface area contributed by atoms with E-state index in [-0.39, 0.29) is 12.0 Å². The summed E-state index contributed by atoms with van der Waals surface area (Å²) in [5.74, 6) is 0.833. The van der Waals surface area contributed by atoms with Crippen molar-refractivity contribution in [3.8, 4) is 5.75 Å². The van der Waals surface area contributed by atoms with Gasteiger partial charge in [0.15, 0.2) is 0 Å². The fourth-order valence-electron chi connectivity index (χ4n) is 4.57. The third kappa shape index (κ3) is 24.9. The Kier molecular flexibility index (Phi) is 29.4.